The van der Waals surface area contributed by atoms with Gasteiger partial charge in [0, 0.05) is 0 Å². The Kier molecular flexibility index (Phi) is 5.63. The average molecular weight is 439 g/mol. The number of hydrogen-bond acceptors (Lipinski definition) is 5. The molecule has 4 atom stereocenters. The van der Waals surface area contributed by atoms with Crippen LogP contribution in [0.15, 0.2) is 30.4 Å². The maximum atomic E-state index is 13.1. The highest BCUT2D eigenvalue weighted by Gasteiger charge is 2.52. The normalized spacial score (nSPS) is 25.6. The van der Waals surface area contributed by atoms with Crippen LogP contribution in [0, 0.1) is 30.6 Å². The van der Waals surface area contributed by atoms with Crippen molar-refractivity contribution in [3.63, 3.8) is 0 Å². The van der Waals surface area contributed by atoms with Gasteiger partial charge in [0.15, 0.2) is 5.13 Å². The Bertz CT molecular complexity index is 941. The zero-order chi connectivity index (χ0) is 19.8. The van der Waals surface area contributed by atoms with Gasteiger partial charge in [-0.15, -0.1) is 23.2 Å². The fourth-order valence-corrected chi connectivity index (χ4v) is 5.57. The smallest absolute Gasteiger partial charge is 0.310 e. The number of nitrogens with one attached hydrogen (secondary N) is 1. The van der Waals surface area contributed by atoms with Crippen LogP contribution in [-0.2, 0) is 14.3 Å². The number of alkyl halides is 2. The summed E-state index contributed by atoms with van der Waals surface area (Å²) in [5.74, 6) is -1.27. The van der Waals surface area contributed by atoms with E-state index < -0.39 is 23.9 Å². The first-order chi connectivity index (χ1) is 13.5. The maximum Gasteiger partial charge on any atom is 0.310 e. The first kappa shape index (κ1) is 19.7. The number of carbonyl (C=O) groups is 2. The fraction of sp³-hybridized carbons (Fsp3) is 0.450. The lowest BCUT2D eigenvalue weighted by Gasteiger charge is -2.26. The average Bonchev–Trinajstić information content (AvgIpc) is 3.40. The van der Waals surface area contributed by atoms with Crippen LogP contribution in [0.1, 0.15) is 12.0 Å². The highest BCUT2D eigenvalue weighted by molar-refractivity contribution is 7.22. The molecule has 8 heteroatoms. The maximum absolute atomic E-state index is 13.1. The second-order valence-electron chi connectivity index (χ2n) is 7.30. The van der Waals surface area contributed by atoms with Gasteiger partial charge in [0.1, 0.15) is 6.10 Å². The van der Waals surface area contributed by atoms with E-state index in [2.05, 4.69) is 10.3 Å². The van der Waals surface area contributed by atoms with Crippen LogP contribution < -0.4 is 5.32 Å². The Labute approximate surface area is 177 Å². The van der Waals surface area contributed by atoms with Crippen molar-refractivity contribution in [3.05, 3.63) is 35.9 Å². The molecule has 0 radical (unpaired) electrons. The Morgan fingerprint density at radius 1 is 1.25 bits per heavy atom. The van der Waals surface area contributed by atoms with Crippen molar-refractivity contribution in [2.75, 3.05) is 17.1 Å². The number of fused-ring (bicyclic) bond motifs is 3. The first-order valence-electron chi connectivity index (χ1n) is 9.19. The van der Waals surface area contributed by atoms with E-state index in [1.165, 1.54) is 11.3 Å². The Hall–Kier alpha value is -1.63. The highest BCUT2D eigenvalue weighted by atomic mass is 35.5. The van der Waals surface area contributed by atoms with Crippen molar-refractivity contribution in [1.82, 2.24) is 4.98 Å². The quantitative estimate of drug-likeness (QED) is 0.412. The summed E-state index contributed by atoms with van der Waals surface area (Å²) >= 11 is 13.0. The molecular formula is C20H20Cl2N2O3S. The van der Waals surface area contributed by atoms with Gasteiger partial charge in [0.05, 0.1) is 33.8 Å². The minimum Gasteiger partial charge on any atom is -0.460 e. The number of thiazole rings is 1. The number of esters is 1. The number of anilines is 1. The zero-order valence-electron chi connectivity index (χ0n) is 15.2. The SMILES string of the molecule is Cc1cccc2nc(NC(=O)[C@@H]3[C@H](C(=O)OC(CCl)CCl)[C@H]4C=C[C@H]3C4)sc12. The highest BCUT2D eigenvalue weighted by Crippen LogP contribution is 2.49. The van der Waals surface area contributed by atoms with E-state index in [0.717, 1.165) is 22.2 Å². The summed E-state index contributed by atoms with van der Waals surface area (Å²) in [6.07, 6.45) is 4.28. The van der Waals surface area contributed by atoms with E-state index in [0.29, 0.717) is 5.13 Å². The topological polar surface area (TPSA) is 68.3 Å². The predicted molar refractivity (Wildman–Crippen MR) is 112 cm³/mol. The largest absolute Gasteiger partial charge is 0.460 e. The third-order valence-electron chi connectivity index (χ3n) is 5.50. The molecule has 2 bridgehead atoms. The summed E-state index contributed by atoms with van der Waals surface area (Å²) in [4.78, 5) is 30.3. The van der Waals surface area contributed by atoms with Gasteiger partial charge in [-0.25, -0.2) is 4.98 Å². The molecule has 28 heavy (non-hydrogen) atoms. The van der Waals surface area contributed by atoms with Crippen molar-refractivity contribution in [2.24, 2.45) is 23.7 Å². The molecule has 1 saturated carbocycles. The molecule has 5 nitrogen and oxygen atoms in total. The van der Waals surface area contributed by atoms with Gasteiger partial charge in [-0.2, -0.15) is 0 Å². The minimum atomic E-state index is -0.546. The molecule has 2 aliphatic rings. The summed E-state index contributed by atoms with van der Waals surface area (Å²) in [6, 6.07) is 5.89. The van der Waals surface area contributed by atoms with Gasteiger partial charge in [0.2, 0.25) is 5.91 Å². The Morgan fingerprint density at radius 3 is 2.64 bits per heavy atom. The van der Waals surface area contributed by atoms with E-state index in [-0.39, 0.29) is 29.5 Å². The van der Waals surface area contributed by atoms with Crippen LogP contribution >= 0.6 is 34.5 Å². The van der Waals surface area contributed by atoms with Gasteiger partial charge in [-0.05, 0) is 36.8 Å². The molecule has 1 amide bonds. The molecule has 2 aromatic rings. The molecule has 4 rings (SSSR count). The van der Waals surface area contributed by atoms with Crippen LogP contribution in [0.2, 0.25) is 0 Å². The number of carbonyl (C=O) groups excluding carboxylic acids is 2. The molecule has 0 spiro atoms. The second kappa shape index (κ2) is 8.01. The lowest BCUT2D eigenvalue weighted by molar-refractivity contribution is -0.156. The summed E-state index contributed by atoms with van der Waals surface area (Å²) < 4.78 is 6.50. The van der Waals surface area contributed by atoms with Gasteiger partial charge in [-0.1, -0.05) is 35.6 Å². The van der Waals surface area contributed by atoms with Gasteiger partial charge >= 0.3 is 5.97 Å². The summed E-state index contributed by atoms with van der Waals surface area (Å²) in [6.45, 7) is 2.02. The lowest BCUT2D eigenvalue weighted by atomic mass is 9.82. The summed E-state index contributed by atoms with van der Waals surface area (Å²) in [5, 5.41) is 3.47. The number of ether oxygens (including phenoxy) is 1. The van der Waals surface area contributed by atoms with E-state index in [4.69, 9.17) is 27.9 Å². The van der Waals surface area contributed by atoms with Crippen LogP contribution in [0.3, 0.4) is 0 Å². The number of halogens is 2. The molecule has 1 N–H and O–H groups in total. The zero-order valence-corrected chi connectivity index (χ0v) is 17.6. The van der Waals surface area contributed by atoms with E-state index in [9.17, 15) is 9.59 Å². The molecule has 1 aromatic carbocycles. The molecule has 0 unspecified atom stereocenters. The Balaban J connectivity index is 1.53. The van der Waals surface area contributed by atoms with Crippen molar-refractivity contribution in [1.29, 1.82) is 0 Å². The molecule has 1 fully saturated rings. The molecular weight excluding hydrogens is 419 g/mol. The molecule has 0 aliphatic heterocycles. The number of allylic oxidation sites excluding steroid dienone is 2. The number of benzene rings is 1. The van der Waals surface area contributed by atoms with Crippen molar-refractivity contribution >= 4 is 61.8 Å². The van der Waals surface area contributed by atoms with E-state index in [1.54, 1.807) is 0 Å². The van der Waals surface area contributed by atoms with Crippen molar-refractivity contribution in [3.8, 4) is 0 Å². The van der Waals surface area contributed by atoms with Crippen molar-refractivity contribution < 1.29 is 14.3 Å². The molecule has 2 aliphatic carbocycles. The van der Waals surface area contributed by atoms with Gasteiger partial charge in [-0.3, -0.25) is 9.59 Å². The lowest BCUT2D eigenvalue weighted by Crippen LogP contribution is -2.39. The molecule has 0 saturated heterocycles. The number of nitrogens with zero attached hydrogens (tertiary/aromatic N) is 1. The van der Waals surface area contributed by atoms with E-state index >= 15 is 0 Å². The van der Waals surface area contributed by atoms with Crippen LogP contribution in [0.4, 0.5) is 5.13 Å². The van der Waals surface area contributed by atoms with Crippen LogP contribution in [-0.4, -0.2) is 34.7 Å². The fourth-order valence-electron chi connectivity index (χ4n) is 4.18. The standard InChI is InChI=1S/C20H20Cl2N2O3S/c1-10-3-2-4-14-17(10)28-20(23-14)24-18(25)15-11-5-6-12(7-11)16(15)19(26)27-13(8-21)9-22/h2-6,11-13,15-16H,7-9H2,1H3,(H,23,24,25)/t11-,12-,15-,16+/m0/s1. The minimum absolute atomic E-state index is 0.0113. The third kappa shape index (κ3) is 3.53. The Morgan fingerprint density at radius 2 is 1.96 bits per heavy atom. The summed E-state index contributed by atoms with van der Waals surface area (Å²) in [5.41, 5.74) is 1.98. The third-order valence-corrected chi connectivity index (χ3v) is 7.31. The first-order valence-corrected chi connectivity index (χ1v) is 11.1. The number of aromatic nitrogens is 1. The number of aryl methyl sites for hydroxylation is 1. The number of hydrogen-bond donors (Lipinski definition) is 1. The molecule has 1 aromatic heterocycles. The molecule has 1 heterocycles. The summed E-state index contributed by atoms with van der Waals surface area (Å²) in [7, 11) is 0. The number of amides is 1. The van der Waals surface area contributed by atoms with Crippen LogP contribution in [0.25, 0.3) is 10.2 Å². The number of rotatable bonds is 6. The van der Waals surface area contributed by atoms with Gasteiger partial charge in [0.25, 0.3) is 0 Å². The van der Waals surface area contributed by atoms with E-state index in [1.807, 2.05) is 37.3 Å². The molecule has 148 valence electrons. The van der Waals surface area contributed by atoms with Crippen molar-refractivity contribution in [2.45, 2.75) is 19.4 Å². The predicted octanol–water partition coefficient (Wildman–Crippen LogP) is 4.37. The second-order valence-corrected chi connectivity index (χ2v) is 8.92. The monoisotopic (exact) mass is 438 g/mol. The van der Waals surface area contributed by atoms with Crippen LogP contribution in [0.5, 0.6) is 0 Å². The van der Waals surface area contributed by atoms with Gasteiger partial charge < -0.3 is 10.1 Å².